The van der Waals surface area contributed by atoms with E-state index < -0.39 is 16.1 Å². The van der Waals surface area contributed by atoms with Gasteiger partial charge in [0.2, 0.25) is 0 Å². The summed E-state index contributed by atoms with van der Waals surface area (Å²) in [6, 6.07) is 10.1. The van der Waals surface area contributed by atoms with E-state index in [0.717, 1.165) is 0 Å². The minimum atomic E-state index is -3.83. The average molecular weight is 403 g/mol. The molecule has 0 aliphatic rings. The number of carbonyl (C=O) groups excluding carboxylic acids is 1. The highest BCUT2D eigenvalue weighted by molar-refractivity contribution is 7.92. The zero-order chi connectivity index (χ0) is 18.6. The molecule has 0 aliphatic carbocycles. The third-order valence-electron chi connectivity index (χ3n) is 3.24. The zero-order valence-corrected chi connectivity index (χ0v) is 15.7. The number of hydrogen-bond acceptors (Lipinski definition) is 4. The number of ether oxygens (including phenoxy) is 1. The predicted octanol–water partition coefficient (Wildman–Crippen LogP) is 3.31. The van der Waals surface area contributed by atoms with Gasteiger partial charge in [0, 0.05) is 12.1 Å². The molecule has 0 bridgehead atoms. The molecule has 2 aromatic carbocycles. The largest absolute Gasteiger partial charge is 0.481 e. The maximum Gasteiger partial charge on any atom is 0.261 e. The Hall–Kier alpha value is -1.96. The molecule has 2 N–H and O–H groups in total. The lowest BCUT2D eigenvalue weighted by atomic mass is 10.3. The van der Waals surface area contributed by atoms with E-state index in [4.69, 9.17) is 27.9 Å². The number of carbonyl (C=O) groups is 1. The summed E-state index contributed by atoms with van der Waals surface area (Å²) in [5.41, 5.74) is 0.222. The van der Waals surface area contributed by atoms with Gasteiger partial charge in [0.25, 0.3) is 15.9 Å². The van der Waals surface area contributed by atoms with Crippen LogP contribution >= 0.6 is 23.2 Å². The number of halogens is 2. The van der Waals surface area contributed by atoms with E-state index in [1.54, 1.807) is 6.92 Å². The van der Waals surface area contributed by atoms with E-state index in [1.165, 1.54) is 49.5 Å². The molecule has 0 spiro atoms. The highest BCUT2D eigenvalue weighted by Crippen LogP contribution is 2.28. The second kappa shape index (κ2) is 7.95. The molecule has 0 saturated heterocycles. The van der Waals surface area contributed by atoms with E-state index in [0.29, 0.717) is 10.8 Å². The first-order valence-corrected chi connectivity index (χ1v) is 9.43. The van der Waals surface area contributed by atoms with Gasteiger partial charge in [-0.15, -0.1) is 0 Å². The number of nitrogens with one attached hydrogen (secondary N) is 2. The van der Waals surface area contributed by atoms with Crippen LogP contribution in [0.4, 0.5) is 5.69 Å². The van der Waals surface area contributed by atoms with Gasteiger partial charge in [0.1, 0.15) is 5.75 Å². The molecule has 0 aromatic heterocycles. The maximum absolute atomic E-state index is 12.4. The lowest BCUT2D eigenvalue weighted by Gasteiger charge is -2.14. The van der Waals surface area contributed by atoms with Gasteiger partial charge in [-0.2, -0.15) is 0 Å². The molecule has 0 heterocycles. The molecular formula is C16H16Cl2N2O4S. The van der Waals surface area contributed by atoms with E-state index in [1.807, 2.05) is 0 Å². The van der Waals surface area contributed by atoms with Gasteiger partial charge in [-0.25, -0.2) is 8.42 Å². The summed E-state index contributed by atoms with van der Waals surface area (Å²) in [5, 5.41) is 3.06. The van der Waals surface area contributed by atoms with Crippen LogP contribution < -0.4 is 14.8 Å². The summed E-state index contributed by atoms with van der Waals surface area (Å²) in [6.07, 6.45) is -0.696. The highest BCUT2D eigenvalue weighted by atomic mass is 35.5. The summed E-state index contributed by atoms with van der Waals surface area (Å²) in [4.78, 5) is 11.5. The molecule has 0 fully saturated rings. The number of sulfonamides is 1. The van der Waals surface area contributed by atoms with Crippen LogP contribution in [0.5, 0.6) is 5.75 Å². The van der Waals surface area contributed by atoms with Crippen molar-refractivity contribution in [1.82, 2.24) is 5.32 Å². The molecule has 9 heteroatoms. The van der Waals surface area contributed by atoms with Crippen molar-refractivity contribution < 1.29 is 17.9 Å². The smallest absolute Gasteiger partial charge is 0.261 e. The van der Waals surface area contributed by atoms with Crippen molar-refractivity contribution in [3.05, 3.63) is 52.5 Å². The summed E-state index contributed by atoms with van der Waals surface area (Å²) in [7, 11) is -2.32. The molecule has 2 aromatic rings. The molecular weight excluding hydrogens is 387 g/mol. The summed E-state index contributed by atoms with van der Waals surface area (Å²) >= 11 is 11.8. The topological polar surface area (TPSA) is 84.5 Å². The van der Waals surface area contributed by atoms with Crippen molar-refractivity contribution in [2.45, 2.75) is 17.9 Å². The molecule has 0 aliphatic heterocycles. The Morgan fingerprint density at radius 3 is 2.32 bits per heavy atom. The van der Waals surface area contributed by atoms with Gasteiger partial charge in [0.15, 0.2) is 6.10 Å². The minimum Gasteiger partial charge on any atom is -0.481 e. The summed E-state index contributed by atoms with van der Waals surface area (Å²) < 4.78 is 32.7. The van der Waals surface area contributed by atoms with E-state index in [2.05, 4.69) is 10.0 Å². The van der Waals surface area contributed by atoms with Crippen LogP contribution in [0.2, 0.25) is 10.0 Å². The van der Waals surface area contributed by atoms with Crippen LogP contribution in [0.15, 0.2) is 47.4 Å². The fourth-order valence-electron chi connectivity index (χ4n) is 1.93. The molecule has 134 valence electrons. The second-order valence-electron chi connectivity index (χ2n) is 5.08. The third-order valence-corrected chi connectivity index (χ3v) is 5.17. The first-order valence-electron chi connectivity index (χ1n) is 7.19. The Morgan fingerprint density at radius 1 is 1.12 bits per heavy atom. The van der Waals surface area contributed by atoms with Gasteiger partial charge < -0.3 is 10.1 Å². The van der Waals surface area contributed by atoms with Gasteiger partial charge in [-0.3, -0.25) is 9.52 Å². The van der Waals surface area contributed by atoms with Crippen molar-refractivity contribution in [3.63, 3.8) is 0 Å². The lowest BCUT2D eigenvalue weighted by molar-refractivity contribution is -0.126. The zero-order valence-electron chi connectivity index (χ0n) is 13.4. The SMILES string of the molecule is CNC(=O)[C@H](C)Oc1ccc(S(=O)(=O)Nc2ccc(Cl)cc2Cl)cc1. The van der Waals surface area contributed by atoms with Crippen molar-refractivity contribution in [2.24, 2.45) is 0 Å². The first-order chi connectivity index (χ1) is 11.7. The minimum absolute atomic E-state index is 0.0264. The Morgan fingerprint density at radius 2 is 1.76 bits per heavy atom. The summed E-state index contributed by atoms with van der Waals surface area (Å²) in [6.45, 7) is 1.59. The standard InChI is InChI=1S/C16H16Cl2N2O4S/c1-10(16(21)19-2)24-12-4-6-13(7-5-12)25(22,23)20-15-8-3-11(17)9-14(15)18/h3-10,20H,1-2H3,(H,19,21)/t10-/m0/s1. The molecule has 1 amide bonds. The van der Waals surface area contributed by atoms with Crippen LogP contribution in [-0.4, -0.2) is 27.5 Å². The number of likely N-dealkylation sites (N-methyl/N-ethyl adjacent to an activating group) is 1. The van der Waals surface area contributed by atoms with Crippen molar-refractivity contribution in [2.75, 3.05) is 11.8 Å². The van der Waals surface area contributed by atoms with Crippen LogP contribution in [0.3, 0.4) is 0 Å². The molecule has 0 saturated carbocycles. The fourth-order valence-corrected chi connectivity index (χ4v) is 3.53. The quantitative estimate of drug-likeness (QED) is 0.775. The fraction of sp³-hybridized carbons (Fsp3) is 0.188. The molecule has 0 radical (unpaired) electrons. The highest BCUT2D eigenvalue weighted by Gasteiger charge is 2.17. The normalized spacial score (nSPS) is 12.3. The number of amides is 1. The number of hydrogen-bond donors (Lipinski definition) is 2. The number of benzene rings is 2. The van der Waals surface area contributed by atoms with Crippen molar-refractivity contribution in [1.29, 1.82) is 0 Å². The first kappa shape index (κ1) is 19.4. The van der Waals surface area contributed by atoms with Crippen LogP contribution in [0.1, 0.15) is 6.92 Å². The molecule has 2 rings (SSSR count). The van der Waals surface area contributed by atoms with Crippen molar-refractivity contribution in [3.8, 4) is 5.75 Å². The van der Waals surface area contributed by atoms with Gasteiger partial charge >= 0.3 is 0 Å². The second-order valence-corrected chi connectivity index (χ2v) is 7.60. The monoisotopic (exact) mass is 402 g/mol. The Kier molecular flexibility index (Phi) is 6.16. The van der Waals surface area contributed by atoms with Gasteiger partial charge in [-0.05, 0) is 49.4 Å². The Labute approximate surface area is 156 Å². The summed E-state index contributed by atoms with van der Waals surface area (Å²) in [5.74, 6) is 0.0929. The van der Waals surface area contributed by atoms with Gasteiger partial charge in [-0.1, -0.05) is 23.2 Å². The third kappa shape index (κ3) is 5.01. The van der Waals surface area contributed by atoms with Crippen LogP contribution in [0, 0.1) is 0 Å². The predicted molar refractivity (Wildman–Crippen MR) is 97.9 cm³/mol. The van der Waals surface area contributed by atoms with Crippen LogP contribution in [-0.2, 0) is 14.8 Å². The number of rotatable bonds is 6. The lowest BCUT2D eigenvalue weighted by Crippen LogP contribution is -2.33. The molecule has 0 unspecified atom stereocenters. The van der Waals surface area contributed by atoms with Crippen molar-refractivity contribution >= 4 is 44.8 Å². The molecule has 25 heavy (non-hydrogen) atoms. The average Bonchev–Trinajstić information content (AvgIpc) is 2.57. The van der Waals surface area contributed by atoms with E-state index in [9.17, 15) is 13.2 Å². The van der Waals surface area contributed by atoms with E-state index in [-0.39, 0.29) is 21.5 Å². The molecule has 1 atom stereocenters. The van der Waals surface area contributed by atoms with Gasteiger partial charge in [0.05, 0.1) is 15.6 Å². The Balaban J connectivity index is 2.16. The van der Waals surface area contributed by atoms with E-state index >= 15 is 0 Å². The Bertz CT molecular complexity index is 870. The van der Waals surface area contributed by atoms with Crippen LogP contribution in [0.25, 0.3) is 0 Å². The molecule has 6 nitrogen and oxygen atoms in total. The maximum atomic E-state index is 12.4. The number of anilines is 1.